The SMILES string of the molecule is Cc1ccc(Oc2ccc(C(C)Nc3nccc4c3CN(CCF)C4=O)cc2F)cc1. The zero-order chi connectivity index (χ0) is 22.0. The number of ether oxygens (including phenoxy) is 1. The molecule has 1 amide bonds. The van der Waals surface area contributed by atoms with Crippen LogP contribution in [0, 0.1) is 12.7 Å². The third-order valence-electron chi connectivity index (χ3n) is 5.33. The first kappa shape index (κ1) is 20.8. The van der Waals surface area contributed by atoms with Crippen molar-refractivity contribution in [2.45, 2.75) is 26.4 Å². The predicted octanol–water partition coefficient (Wildman–Crippen LogP) is 5.42. The number of aryl methyl sites for hydroxylation is 1. The number of fused-ring (bicyclic) bond motifs is 1. The van der Waals surface area contributed by atoms with E-state index in [4.69, 9.17) is 4.74 Å². The fraction of sp³-hybridized carbons (Fsp3) is 0.250. The van der Waals surface area contributed by atoms with Crippen LogP contribution in [0.5, 0.6) is 11.5 Å². The summed E-state index contributed by atoms with van der Waals surface area (Å²) in [5.41, 5.74) is 3.05. The van der Waals surface area contributed by atoms with E-state index in [1.165, 1.54) is 11.0 Å². The number of carbonyl (C=O) groups excluding carboxylic acids is 1. The zero-order valence-corrected chi connectivity index (χ0v) is 17.4. The number of alkyl halides is 1. The van der Waals surface area contributed by atoms with Gasteiger partial charge in [-0.15, -0.1) is 0 Å². The Balaban J connectivity index is 1.50. The monoisotopic (exact) mass is 423 g/mol. The van der Waals surface area contributed by atoms with E-state index in [0.717, 1.165) is 11.1 Å². The van der Waals surface area contributed by atoms with Gasteiger partial charge in [-0.25, -0.2) is 13.8 Å². The molecule has 3 aromatic rings. The number of anilines is 1. The summed E-state index contributed by atoms with van der Waals surface area (Å²) in [6.07, 6.45) is 1.55. The van der Waals surface area contributed by atoms with Crippen molar-refractivity contribution >= 4 is 11.7 Å². The zero-order valence-electron chi connectivity index (χ0n) is 17.4. The molecule has 1 N–H and O–H groups in total. The maximum absolute atomic E-state index is 14.7. The molecule has 31 heavy (non-hydrogen) atoms. The van der Waals surface area contributed by atoms with Gasteiger partial charge in [0, 0.05) is 23.9 Å². The van der Waals surface area contributed by atoms with Gasteiger partial charge in [-0.05, 0) is 49.7 Å². The number of aromatic nitrogens is 1. The molecule has 0 bridgehead atoms. The van der Waals surface area contributed by atoms with Crippen LogP contribution in [0.15, 0.2) is 54.7 Å². The van der Waals surface area contributed by atoms with Gasteiger partial charge < -0.3 is 15.0 Å². The highest BCUT2D eigenvalue weighted by Gasteiger charge is 2.30. The first-order chi connectivity index (χ1) is 15.0. The Bertz CT molecular complexity index is 1100. The molecule has 1 atom stereocenters. The summed E-state index contributed by atoms with van der Waals surface area (Å²) >= 11 is 0. The van der Waals surface area contributed by atoms with Gasteiger partial charge in [-0.2, -0.15) is 0 Å². The first-order valence-electron chi connectivity index (χ1n) is 10.1. The summed E-state index contributed by atoms with van der Waals surface area (Å²) in [4.78, 5) is 18.2. The average Bonchev–Trinajstić information content (AvgIpc) is 3.08. The van der Waals surface area contributed by atoms with Gasteiger partial charge in [0.25, 0.3) is 5.91 Å². The minimum absolute atomic E-state index is 0.0517. The van der Waals surface area contributed by atoms with Crippen LogP contribution >= 0.6 is 0 Å². The molecule has 1 aliphatic rings. The summed E-state index contributed by atoms with van der Waals surface area (Å²) in [7, 11) is 0. The third-order valence-corrected chi connectivity index (χ3v) is 5.33. The highest BCUT2D eigenvalue weighted by atomic mass is 19.1. The summed E-state index contributed by atoms with van der Waals surface area (Å²) < 4.78 is 33.0. The van der Waals surface area contributed by atoms with Gasteiger partial charge in [-0.1, -0.05) is 23.8 Å². The average molecular weight is 423 g/mol. The summed E-state index contributed by atoms with van der Waals surface area (Å²) in [5.74, 6) is 0.581. The molecule has 2 heterocycles. The maximum Gasteiger partial charge on any atom is 0.254 e. The molecule has 2 aromatic carbocycles. The van der Waals surface area contributed by atoms with Crippen LogP contribution in [-0.4, -0.2) is 29.0 Å². The summed E-state index contributed by atoms with van der Waals surface area (Å²) in [5, 5.41) is 3.25. The second-order valence-corrected chi connectivity index (χ2v) is 7.57. The number of hydrogen-bond acceptors (Lipinski definition) is 4. The number of hydrogen-bond donors (Lipinski definition) is 1. The molecule has 1 unspecified atom stereocenters. The fourth-order valence-electron chi connectivity index (χ4n) is 3.58. The molecule has 0 fully saturated rings. The van der Waals surface area contributed by atoms with E-state index < -0.39 is 12.5 Å². The molecule has 0 radical (unpaired) electrons. The topological polar surface area (TPSA) is 54.5 Å². The molecular formula is C24H23F2N3O2. The Morgan fingerprint density at radius 3 is 2.68 bits per heavy atom. The third kappa shape index (κ3) is 4.35. The maximum atomic E-state index is 14.7. The Labute approximate surface area is 179 Å². The Kier molecular flexibility index (Phi) is 5.84. The van der Waals surface area contributed by atoms with Crippen molar-refractivity contribution < 1.29 is 18.3 Å². The van der Waals surface area contributed by atoms with Crippen LogP contribution in [0.2, 0.25) is 0 Å². The molecule has 0 spiro atoms. The van der Waals surface area contributed by atoms with Crippen LogP contribution < -0.4 is 10.1 Å². The van der Waals surface area contributed by atoms with Crippen molar-refractivity contribution in [3.05, 3.63) is 82.8 Å². The number of carbonyl (C=O) groups is 1. The van der Waals surface area contributed by atoms with Crippen LogP contribution in [0.1, 0.15) is 40.0 Å². The molecule has 7 heteroatoms. The molecule has 1 aromatic heterocycles. The standard InChI is InChI=1S/C24H23F2N3O2/c1-15-3-6-18(7-4-15)31-22-8-5-17(13-21(22)26)16(2)28-23-20-14-29(12-10-25)24(30)19(20)9-11-27-23/h3-9,11,13,16H,10,12,14H2,1-2H3,(H,27,28). The summed E-state index contributed by atoms with van der Waals surface area (Å²) in [6, 6.07) is 13.6. The molecule has 1 aliphatic heterocycles. The van der Waals surface area contributed by atoms with Crippen molar-refractivity contribution in [3.8, 4) is 11.5 Å². The molecule has 0 aliphatic carbocycles. The van der Waals surface area contributed by atoms with Crippen LogP contribution in [0.25, 0.3) is 0 Å². The Morgan fingerprint density at radius 2 is 1.97 bits per heavy atom. The lowest BCUT2D eigenvalue weighted by molar-refractivity contribution is 0.0768. The van der Waals surface area contributed by atoms with E-state index in [2.05, 4.69) is 10.3 Å². The molecule has 0 saturated carbocycles. The van der Waals surface area contributed by atoms with E-state index in [1.807, 2.05) is 26.0 Å². The lowest BCUT2D eigenvalue weighted by Gasteiger charge is -2.18. The van der Waals surface area contributed by atoms with Crippen molar-refractivity contribution in [1.29, 1.82) is 0 Å². The number of benzene rings is 2. The fourth-order valence-corrected chi connectivity index (χ4v) is 3.58. The second-order valence-electron chi connectivity index (χ2n) is 7.57. The van der Waals surface area contributed by atoms with Crippen LogP contribution in [0.4, 0.5) is 14.6 Å². The highest BCUT2D eigenvalue weighted by molar-refractivity contribution is 5.99. The second kappa shape index (κ2) is 8.71. The molecule has 4 rings (SSSR count). The number of pyridine rings is 1. The molecule has 160 valence electrons. The van der Waals surface area contributed by atoms with Gasteiger partial charge in [0.05, 0.1) is 12.6 Å². The van der Waals surface area contributed by atoms with E-state index in [9.17, 15) is 13.6 Å². The minimum atomic E-state index is -0.595. The van der Waals surface area contributed by atoms with E-state index in [-0.39, 0.29) is 24.2 Å². The van der Waals surface area contributed by atoms with Crippen molar-refractivity contribution in [1.82, 2.24) is 9.88 Å². The predicted molar refractivity (Wildman–Crippen MR) is 115 cm³/mol. The Morgan fingerprint density at radius 1 is 1.19 bits per heavy atom. The highest BCUT2D eigenvalue weighted by Crippen LogP contribution is 2.31. The lowest BCUT2D eigenvalue weighted by Crippen LogP contribution is -2.26. The molecule has 5 nitrogen and oxygen atoms in total. The van der Waals surface area contributed by atoms with Gasteiger partial charge >= 0.3 is 0 Å². The van der Waals surface area contributed by atoms with Crippen molar-refractivity contribution in [2.75, 3.05) is 18.5 Å². The van der Waals surface area contributed by atoms with Gasteiger partial charge in [0.1, 0.15) is 18.2 Å². The van der Waals surface area contributed by atoms with Crippen molar-refractivity contribution in [3.63, 3.8) is 0 Å². The molecular weight excluding hydrogens is 400 g/mol. The summed E-state index contributed by atoms with van der Waals surface area (Å²) in [6.45, 7) is 3.61. The Hall–Kier alpha value is -3.48. The normalized spacial score (nSPS) is 13.8. The quantitative estimate of drug-likeness (QED) is 0.551. The van der Waals surface area contributed by atoms with Gasteiger partial charge in [-0.3, -0.25) is 4.79 Å². The lowest BCUT2D eigenvalue weighted by atomic mass is 10.1. The number of nitrogens with zero attached hydrogens (tertiary/aromatic N) is 2. The van der Waals surface area contributed by atoms with E-state index in [1.54, 1.807) is 36.5 Å². The largest absolute Gasteiger partial charge is 0.454 e. The number of halogens is 2. The van der Waals surface area contributed by atoms with Crippen LogP contribution in [0.3, 0.4) is 0 Å². The van der Waals surface area contributed by atoms with Crippen molar-refractivity contribution in [2.24, 2.45) is 0 Å². The number of rotatable bonds is 7. The number of amides is 1. The first-order valence-corrected chi connectivity index (χ1v) is 10.1. The van der Waals surface area contributed by atoms with Gasteiger partial charge in [0.2, 0.25) is 0 Å². The number of nitrogens with one attached hydrogen (secondary N) is 1. The minimum Gasteiger partial charge on any atom is -0.454 e. The van der Waals surface area contributed by atoms with E-state index in [0.29, 0.717) is 29.2 Å². The smallest absolute Gasteiger partial charge is 0.254 e. The van der Waals surface area contributed by atoms with Crippen LogP contribution in [-0.2, 0) is 6.54 Å². The van der Waals surface area contributed by atoms with E-state index >= 15 is 0 Å². The molecule has 0 saturated heterocycles. The van der Waals surface area contributed by atoms with Gasteiger partial charge in [0.15, 0.2) is 11.6 Å².